The van der Waals surface area contributed by atoms with Crippen LogP contribution in [0.5, 0.6) is 5.75 Å². The molecule has 2 aromatic rings. The first-order valence-corrected chi connectivity index (χ1v) is 23.8. The first-order chi connectivity index (χ1) is 30.5. The summed E-state index contributed by atoms with van der Waals surface area (Å²) in [6, 6.07) is 2.38. The SMILES string of the molecule is CC[C@H](C)[C@@H](NC(=O)[C@H]1CCCCN1C)C(=O)N(C)C(C[C@@H](OC(C)=O)c1nc(C(=O)N[C@@H](Cc2ccc(O)c(NC(=O)C(C)COC(C)(C)CCN)c2)CC(C)C(=O)O)cs1)C(C)C. The molecule has 0 saturated carbocycles. The normalized spacial score (nSPS) is 17.8. The molecule has 1 aromatic heterocycles. The van der Waals surface area contributed by atoms with E-state index in [0.717, 1.165) is 37.1 Å². The van der Waals surface area contributed by atoms with Crippen molar-refractivity contribution in [3.05, 3.63) is 39.8 Å². The average Bonchev–Trinajstić information content (AvgIpc) is 3.74. The van der Waals surface area contributed by atoms with E-state index in [4.69, 9.17) is 15.2 Å². The number of likely N-dealkylation sites (N-methyl/N-ethyl adjacent to an activating group) is 2. The number of amides is 4. The Morgan fingerprint density at radius 3 is 2.34 bits per heavy atom. The Morgan fingerprint density at radius 1 is 1.05 bits per heavy atom. The van der Waals surface area contributed by atoms with Gasteiger partial charge in [0, 0.05) is 37.9 Å². The second kappa shape index (κ2) is 25.3. The van der Waals surface area contributed by atoms with Gasteiger partial charge >= 0.3 is 11.9 Å². The molecule has 1 fully saturated rings. The molecule has 17 nitrogen and oxygen atoms in total. The van der Waals surface area contributed by atoms with Crippen molar-refractivity contribution in [2.75, 3.05) is 39.1 Å². The third-order valence-electron chi connectivity index (χ3n) is 12.4. The largest absolute Gasteiger partial charge is 0.506 e. The van der Waals surface area contributed by atoms with E-state index in [-0.39, 0.29) is 78.6 Å². The maximum atomic E-state index is 14.3. The minimum Gasteiger partial charge on any atom is -0.506 e. The van der Waals surface area contributed by atoms with Crippen LogP contribution in [0.3, 0.4) is 0 Å². The number of ether oxygens (including phenoxy) is 2. The second-order valence-corrected chi connectivity index (χ2v) is 19.6. The van der Waals surface area contributed by atoms with Crippen molar-refractivity contribution in [3.8, 4) is 5.75 Å². The van der Waals surface area contributed by atoms with Crippen LogP contribution in [-0.2, 0) is 39.9 Å². The van der Waals surface area contributed by atoms with E-state index in [0.29, 0.717) is 30.0 Å². The first-order valence-electron chi connectivity index (χ1n) is 22.9. The smallest absolute Gasteiger partial charge is 0.306 e. The Balaban J connectivity index is 1.82. The van der Waals surface area contributed by atoms with Gasteiger partial charge in [0.15, 0.2) is 6.10 Å². The number of aromatic nitrogens is 1. The third kappa shape index (κ3) is 16.6. The number of nitrogens with one attached hydrogen (secondary N) is 3. The summed E-state index contributed by atoms with van der Waals surface area (Å²) in [6.07, 6.45) is 3.40. The Bertz CT molecular complexity index is 1920. The molecule has 1 aliphatic heterocycles. The highest BCUT2D eigenvalue weighted by atomic mass is 32.1. The van der Waals surface area contributed by atoms with Crippen molar-refractivity contribution in [1.82, 2.24) is 25.4 Å². The highest BCUT2D eigenvalue weighted by Gasteiger charge is 2.37. The number of phenols is 1. The van der Waals surface area contributed by atoms with E-state index in [1.807, 2.05) is 53.5 Å². The van der Waals surface area contributed by atoms with Gasteiger partial charge < -0.3 is 46.3 Å². The van der Waals surface area contributed by atoms with Gasteiger partial charge in [-0.3, -0.25) is 33.7 Å². The fourth-order valence-corrected chi connectivity index (χ4v) is 8.77. The quantitative estimate of drug-likeness (QED) is 0.0532. The zero-order chi connectivity index (χ0) is 48.8. The van der Waals surface area contributed by atoms with E-state index >= 15 is 0 Å². The van der Waals surface area contributed by atoms with Crippen LogP contribution in [0.25, 0.3) is 0 Å². The highest BCUT2D eigenvalue weighted by Crippen LogP contribution is 2.32. The Hall–Kier alpha value is -4.65. The number of hydrogen-bond acceptors (Lipinski definition) is 13. The Morgan fingerprint density at radius 2 is 1.74 bits per heavy atom. The lowest BCUT2D eigenvalue weighted by molar-refractivity contribution is -0.149. The van der Waals surface area contributed by atoms with Crippen LogP contribution < -0.4 is 21.7 Å². The number of likely N-dealkylation sites (tertiary alicyclic amines) is 1. The van der Waals surface area contributed by atoms with E-state index in [9.17, 15) is 39.0 Å². The lowest BCUT2D eigenvalue weighted by Crippen LogP contribution is -2.58. The number of hydrogen-bond donors (Lipinski definition) is 6. The number of esters is 1. The number of carbonyl (C=O) groups is 6. The molecule has 3 unspecified atom stereocenters. The molecule has 1 aromatic carbocycles. The molecule has 18 heteroatoms. The Labute approximate surface area is 389 Å². The predicted molar refractivity (Wildman–Crippen MR) is 250 cm³/mol. The molecule has 2 heterocycles. The lowest BCUT2D eigenvalue weighted by atomic mass is 9.92. The lowest BCUT2D eigenvalue weighted by Gasteiger charge is -2.38. The van der Waals surface area contributed by atoms with Crippen molar-refractivity contribution in [3.63, 3.8) is 0 Å². The molecular weight excluding hydrogens is 855 g/mol. The van der Waals surface area contributed by atoms with Crippen LogP contribution in [0.4, 0.5) is 5.69 Å². The number of carboxylic acids is 1. The summed E-state index contributed by atoms with van der Waals surface area (Å²) in [5.41, 5.74) is 5.95. The molecule has 0 spiro atoms. The second-order valence-electron chi connectivity index (χ2n) is 18.7. The zero-order valence-corrected chi connectivity index (χ0v) is 41.1. The van der Waals surface area contributed by atoms with Crippen LogP contribution in [0.15, 0.2) is 23.6 Å². The van der Waals surface area contributed by atoms with E-state index < -0.39 is 59.5 Å². The molecule has 0 bridgehead atoms. The maximum absolute atomic E-state index is 14.3. The molecular formula is C47H75N7O10S. The zero-order valence-electron chi connectivity index (χ0n) is 40.3. The molecule has 364 valence electrons. The fraction of sp³-hybridized carbons (Fsp3) is 0.681. The first kappa shape index (κ1) is 54.7. The summed E-state index contributed by atoms with van der Waals surface area (Å²) in [5, 5.41) is 31.1. The summed E-state index contributed by atoms with van der Waals surface area (Å²) >= 11 is 1.12. The van der Waals surface area contributed by atoms with Crippen LogP contribution in [0, 0.1) is 23.7 Å². The van der Waals surface area contributed by atoms with E-state index in [1.54, 1.807) is 31.0 Å². The van der Waals surface area contributed by atoms with Gasteiger partial charge in [-0.15, -0.1) is 11.3 Å². The van der Waals surface area contributed by atoms with Crippen LogP contribution >= 0.6 is 11.3 Å². The van der Waals surface area contributed by atoms with Gasteiger partial charge in [0.25, 0.3) is 5.91 Å². The molecule has 8 atom stereocenters. The van der Waals surface area contributed by atoms with E-state index in [1.165, 1.54) is 25.3 Å². The number of piperidine rings is 1. The van der Waals surface area contributed by atoms with Gasteiger partial charge in [-0.1, -0.05) is 60.5 Å². The number of phenolic OH excluding ortho intramolecular Hbond substituents is 1. The number of nitrogens with zero attached hydrogens (tertiary/aromatic N) is 3. The van der Waals surface area contributed by atoms with E-state index in [2.05, 4.69) is 20.9 Å². The molecule has 65 heavy (non-hydrogen) atoms. The highest BCUT2D eigenvalue weighted by molar-refractivity contribution is 7.09. The molecule has 0 aliphatic carbocycles. The van der Waals surface area contributed by atoms with Crippen LogP contribution in [0.2, 0.25) is 0 Å². The van der Waals surface area contributed by atoms with Gasteiger partial charge in [-0.05, 0) is 95.6 Å². The molecule has 1 aliphatic rings. The van der Waals surface area contributed by atoms with Gasteiger partial charge in [0.2, 0.25) is 17.7 Å². The predicted octanol–water partition coefficient (Wildman–Crippen LogP) is 5.51. The number of aromatic hydroxyl groups is 1. The van der Waals surface area contributed by atoms with Crippen molar-refractivity contribution in [2.45, 2.75) is 150 Å². The standard InChI is InChI=1S/C47H75N7O10S/c1-12-28(4)40(52-43(59)36-15-13-14-20-53(36)10)45(60)54(11)37(27(2)3)24-39(64-31(7)55)44-51-35(26-65-44)42(58)49-33(21-29(5)46(61)62)22-32-16-17-38(56)34(23-32)50-41(57)30(6)25-63-47(8,9)18-19-48/h16-17,23,26-30,33,36-37,39-40,56H,12-15,18-22,24-25,48H2,1-11H3,(H,49,58)(H,50,57)(H,52,59)(H,61,62)/t28-,29?,30?,33+,36+,37?,39+,40+/m0/s1. The van der Waals surface area contributed by atoms with Crippen molar-refractivity contribution in [2.24, 2.45) is 29.4 Å². The number of thiazole rings is 1. The van der Waals surface area contributed by atoms with Gasteiger partial charge in [-0.2, -0.15) is 0 Å². The number of aliphatic carboxylic acids is 1. The number of nitrogens with two attached hydrogens (primary N) is 1. The summed E-state index contributed by atoms with van der Waals surface area (Å²) in [4.78, 5) is 87.5. The molecule has 0 radical (unpaired) electrons. The third-order valence-corrected chi connectivity index (χ3v) is 13.3. The van der Waals surface area contributed by atoms with Crippen molar-refractivity contribution in [1.29, 1.82) is 0 Å². The summed E-state index contributed by atoms with van der Waals surface area (Å²) in [7, 11) is 3.62. The summed E-state index contributed by atoms with van der Waals surface area (Å²) < 4.78 is 11.7. The number of carboxylic acid groups (broad SMARTS) is 1. The number of anilines is 1. The summed E-state index contributed by atoms with van der Waals surface area (Å²) in [6.45, 7) is 17.5. The monoisotopic (exact) mass is 930 g/mol. The molecule has 1 saturated heterocycles. The molecule has 7 N–H and O–H groups in total. The number of carbonyl (C=O) groups excluding carboxylic acids is 5. The van der Waals surface area contributed by atoms with Crippen molar-refractivity contribution < 1.29 is 48.5 Å². The molecule has 3 rings (SSSR count). The summed E-state index contributed by atoms with van der Waals surface area (Å²) in [5.74, 6) is -4.84. The number of rotatable bonds is 25. The van der Waals surface area contributed by atoms with Gasteiger partial charge in [0.05, 0.1) is 35.8 Å². The topological polar surface area (TPSA) is 243 Å². The average molecular weight is 930 g/mol. The minimum absolute atomic E-state index is 0.0254. The van der Waals surface area contributed by atoms with Gasteiger partial charge in [-0.25, -0.2) is 4.98 Å². The fourth-order valence-electron chi connectivity index (χ4n) is 7.94. The maximum Gasteiger partial charge on any atom is 0.306 e. The van der Waals surface area contributed by atoms with Gasteiger partial charge in [0.1, 0.15) is 22.5 Å². The number of benzene rings is 1. The van der Waals surface area contributed by atoms with Crippen LogP contribution in [-0.4, -0.2) is 124 Å². The van der Waals surface area contributed by atoms with Crippen molar-refractivity contribution >= 4 is 52.6 Å². The molecule has 4 amide bonds. The minimum atomic E-state index is -1.05. The Kier molecular flexibility index (Phi) is 21.3. The van der Waals surface area contributed by atoms with Crippen LogP contribution in [0.1, 0.15) is 134 Å².